The molecule has 1 N–H and O–H groups in total. The van der Waals surface area contributed by atoms with Crippen molar-refractivity contribution in [2.45, 2.75) is 38.3 Å². The third-order valence-corrected chi connectivity index (χ3v) is 5.14. The van der Waals surface area contributed by atoms with Crippen molar-refractivity contribution >= 4 is 29.7 Å². The van der Waals surface area contributed by atoms with Crippen LogP contribution in [0.3, 0.4) is 0 Å². The summed E-state index contributed by atoms with van der Waals surface area (Å²) >= 11 is 1.54. The molecule has 1 aromatic heterocycles. The Balaban J connectivity index is 0.00000147. The van der Waals surface area contributed by atoms with Crippen molar-refractivity contribution in [1.29, 1.82) is 0 Å². The zero-order valence-corrected chi connectivity index (χ0v) is 13.5. The monoisotopic (exact) mass is 316 g/mol. The summed E-state index contributed by atoms with van der Waals surface area (Å²) in [6.45, 7) is 3.96. The van der Waals surface area contributed by atoms with E-state index in [9.17, 15) is 4.79 Å². The molecule has 0 radical (unpaired) electrons. The van der Waals surface area contributed by atoms with Gasteiger partial charge in [-0.05, 0) is 38.8 Å². The minimum absolute atomic E-state index is 0. The first-order chi connectivity index (χ1) is 9.20. The SMILES string of the molecule is COc1cc(C)sc1C(=O)N1C2CCNCC1CC2.Cl. The molecule has 0 aromatic carbocycles. The van der Waals surface area contributed by atoms with Gasteiger partial charge < -0.3 is 15.0 Å². The molecule has 0 aliphatic carbocycles. The molecule has 0 saturated carbocycles. The van der Waals surface area contributed by atoms with Gasteiger partial charge in [-0.15, -0.1) is 23.7 Å². The van der Waals surface area contributed by atoms with E-state index in [2.05, 4.69) is 10.2 Å². The van der Waals surface area contributed by atoms with E-state index in [0.717, 1.165) is 47.9 Å². The Morgan fingerprint density at radius 3 is 2.90 bits per heavy atom. The van der Waals surface area contributed by atoms with Crippen LogP contribution < -0.4 is 10.1 Å². The zero-order chi connectivity index (χ0) is 13.4. The second kappa shape index (κ2) is 6.33. The highest BCUT2D eigenvalue weighted by Gasteiger charge is 2.39. The number of halogens is 1. The van der Waals surface area contributed by atoms with Crippen LogP contribution in [0.1, 0.15) is 33.8 Å². The van der Waals surface area contributed by atoms with Crippen molar-refractivity contribution in [3.05, 3.63) is 15.8 Å². The lowest BCUT2D eigenvalue weighted by Gasteiger charge is -2.27. The molecule has 2 aliphatic heterocycles. The van der Waals surface area contributed by atoms with Crippen molar-refractivity contribution < 1.29 is 9.53 Å². The number of nitrogens with zero attached hydrogens (tertiary/aromatic N) is 1. The van der Waals surface area contributed by atoms with Crippen molar-refractivity contribution in [3.63, 3.8) is 0 Å². The van der Waals surface area contributed by atoms with Crippen LogP contribution in [-0.4, -0.2) is 43.1 Å². The average molecular weight is 317 g/mol. The Bertz CT molecular complexity index is 478. The summed E-state index contributed by atoms with van der Waals surface area (Å²) in [5.74, 6) is 0.884. The zero-order valence-electron chi connectivity index (χ0n) is 11.8. The molecule has 2 atom stereocenters. The van der Waals surface area contributed by atoms with Gasteiger partial charge in [-0.1, -0.05) is 0 Å². The number of hydrogen-bond donors (Lipinski definition) is 1. The van der Waals surface area contributed by atoms with Crippen LogP contribution in [0.25, 0.3) is 0 Å². The molecule has 20 heavy (non-hydrogen) atoms. The summed E-state index contributed by atoms with van der Waals surface area (Å²) in [4.78, 5) is 16.8. The number of thiophene rings is 1. The molecule has 2 unspecified atom stereocenters. The third kappa shape index (κ3) is 2.67. The number of rotatable bonds is 2. The van der Waals surface area contributed by atoms with Crippen LogP contribution in [0.15, 0.2) is 6.07 Å². The fourth-order valence-corrected chi connectivity index (χ4v) is 4.15. The molecule has 112 valence electrons. The lowest BCUT2D eigenvalue weighted by molar-refractivity contribution is 0.0682. The lowest BCUT2D eigenvalue weighted by Crippen LogP contribution is -2.42. The first-order valence-electron chi connectivity index (χ1n) is 6.88. The highest BCUT2D eigenvalue weighted by Crippen LogP contribution is 2.35. The maximum absolute atomic E-state index is 12.8. The maximum Gasteiger partial charge on any atom is 0.268 e. The van der Waals surface area contributed by atoms with Gasteiger partial charge in [0.2, 0.25) is 0 Å². The van der Waals surface area contributed by atoms with Gasteiger partial charge in [-0.3, -0.25) is 4.79 Å². The molecule has 2 saturated heterocycles. The van der Waals surface area contributed by atoms with Crippen LogP contribution in [0.5, 0.6) is 5.75 Å². The standard InChI is InChI=1S/C14H20N2O2S.ClH/c1-9-7-12(18-2)13(19-9)14(17)16-10-3-4-11(16)8-15-6-5-10;/h7,10-11,15H,3-6,8H2,1-2H3;1H. The van der Waals surface area contributed by atoms with Gasteiger partial charge in [0.15, 0.2) is 0 Å². The predicted octanol–water partition coefficient (Wildman–Crippen LogP) is 2.45. The molecule has 2 fully saturated rings. The summed E-state index contributed by atoms with van der Waals surface area (Å²) in [7, 11) is 1.64. The summed E-state index contributed by atoms with van der Waals surface area (Å²) < 4.78 is 5.35. The molecule has 1 aromatic rings. The number of methoxy groups -OCH3 is 1. The van der Waals surface area contributed by atoms with Gasteiger partial charge in [0.1, 0.15) is 10.6 Å². The van der Waals surface area contributed by atoms with E-state index in [-0.39, 0.29) is 18.3 Å². The number of ether oxygens (including phenoxy) is 1. The normalized spacial score (nSPS) is 25.0. The number of amides is 1. The summed E-state index contributed by atoms with van der Waals surface area (Å²) in [5.41, 5.74) is 0. The molecule has 3 rings (SSSR count). The van der Waals surface area contributed by atoms with Gasteiger partial charge in [-0.2, -0.15) is 0 Å². The Hall–Kier alpha value is -0.780. The topological polar surface area (TPSA) is 41.6 Å². The Labute approximate surface area is 129 Å². The smallest absolute Gasteiger partial charge is 0.268 e. The van der Waals surface area contributed by atoms with Crippen LogP contribution in [0, 0.1) is 6.92 Å². The third-order valence-electron chi connectivity index (χ3n) is 4.12. The quantitative estimate of drug-likeness (QED) is 0.911. The molecule has 1 amide bonds. The first-order valence-corrected chi connectivity index (χ1v) is 7.70. The van der Waals surface area contributed by atoms with Gasteiger partial charge in [0.05, 0.1) is 7.11 Å². The second-order valence-corrected chi connectivity index (χ2v) is 6.60. The van der Waals surface area contributed by atoms with Gasteiger partial charge in [0.25, 0.3) is 5.91 Å². The first kappa shape index (κ1) is 15.6. The van der Waals surface area contributed by atoms with E-state index in [4.69, 9.17) is 4.74 Å². The molecular weight excluding hydrogens is 296 g/mol. The van der Waals surface area contributed by atoms with E-state index >= 15 is 0 Å². The largest absolute Gasteiger partial charge is 0.495 e. The molecule has 2 bridgehead atoms. The van der Waals surface area contributed by atoms with Crippen molar-refractivity contribution in [1.82, 2.24) is 10.2 Å². The van der Waals surface area contributed by atoms with Crippen molar-refractivity contribution in [3.8, 4) is 5.75 Å². The maximum atomic E-state index is 12.8. The van der Waals surface area contributed by atoms with E-state index < -0.39 is 0 Å². The molecule has 6 heteroatoms. The Kier molecular flexibility index (Phi) is 4.94. The minimum Gasteiger partial charge on any atom is -0.495 e. The molecule has 2 aliphatic rings. The van der Waals surface area contributed by atoms with Gasteiger partial charge >= 0.3 is 0 Å². The lowest BCUT2D eigenvalue weighted by atomic mass is 10.1. The summed E-state index contributed by atoms with van der Waals surface area (Å²) in [5, 5.41) is 3.43. The number of carbonyl (C=O) groups excluding carboxylic acids is 1. The Morgan fingerprint density at radius 1 is 1.40 bits per heavy atom. The summed E-state index contributed by atoms with van der Waals surface area (Å²) in [6, 6.07) is 2.71. The molecular formula is C14H21ClN2O2S. The highest BCUT2D eigenvalue weighted by atomic mass is 35.5. The Morgan fingerprint density at radius 2 is 2.15 bits per heavy atom. The van der Waals surface area contributed by atoms with Crippen LogP contribution >= 0.6 is 23.7 Å². The number of carbonyl (C=O) groups is 1. The fraction of sp³-hybridized carbons (Fsp3) is 0.643. The minimum atomic E-state index is 0. The molecule has 3 heterocycles. The average Bonchev–Trinajstić information content (AvgIpc) is 2.87. The number of aryl methyl sites for hydroxylation is 1. The number of nitrogens with one attached hydrogen (secondary N) is 1. The van der Waals surface area contributed by atoms with Crippen LogP contribution in [0.4, 0.5) is 0 Å². The van der Waals surface area contributed by atoms with Crippen LogP contribution in [0.2, 0.25) is 0 Å². The predicted molar refractivity (Wildman–Crippen MR) is 83.3 cm³/mol. The van der Waals surface area contributed by atoms with E-state index in [1.807, 2.05) is 13.0 Å². The molecule has 4 nitrogen and oxygen atoms in total. The summed E-state index contributed by atoms with van der Waals surface area (Å²) in [6.07, 6.45) is 3.33. The fourth-order valence-electron chi connectivity index (χ4n) is 3.22. The van der Waals surface area contributed by atoms with Crippen molar-refractivity contribution in [2.75, 3.05) is 20.2 Å². The number of fused-ring (bicyclic) bond motifs is 2. The van der Waals surface area contributed by atoms with E-state index in [1.165, 1.54) is 0 Å². The van der Waals surface area contributed by atoms with Gasteiger partial charge in [-0.25, -0.2) is 0 Å². The van der Waals surface area contributed by atoms with E-state index in [0.29, 0.717) is 12.1 Å². The highest BCUT2D eigenvalue weighted by molar-refractivity contribution is 7.14. The number of hydrogen-bond acceptors (Lipinski definition) is 4. The van der Waals surface area contributed by atoms with Gasteiger partial charge in [0, 0.05) is 23.5 Å². The molecule has 0 spiro atoms. The van der Waals surface area contributed by atoms with Crippen molar-refractivity contribution in [2.24, 2.45) is 0 Å². The van der Waals surface area contributed by atoms with E-state index in [1.54, 1.807) is 18.4 Å². The second-order valence-electron chi connectivity index (χ2n) is 5.34. The van der Waals surface area contributed by atoms with Crippen LogP contribution in [-0.2, 0) is 0 Å².